The van der Waals surface area contributed by atoms with E-state index in [0.717, 1.165) is 44.6 Å². The Morgan fingerprint density at radius 2 is 2.04 bits per heavy atom. The molecular weight excluding hydrogens is 320 g/mol. The Bertz CT molecular complexity index is 637. The van der Waals surface area contributed by atoms with Gasteiger partial charge in [0.05, 0.1) is 17.9 Å². The Labute approximate surface area is 147 Å². The molecule has 0 aromatic carbocycles. The molecule has 25 heavy (non-hydrogen) atoms. The monoisotopic (exact) mass is 346 g/mol. The number of hydrogen-bond donors (Lipinski definition) is 2. The number of esters is 1. The van der Waals surface area contributed by atoms with Crippen molar-refractivity contribution in [2.45, 2.75) is 45.1 Å². The summed E-state index contributed by atoms with van der Waals surface area (Å²) in [5, 5.41) is 2.94. The Morgan fingerprint density at radius 1 is 1.32 bits per heavy atom. The summed E-state index contributed by atoms with van der Waals surface area (Å²) in [6.45, 7) is 3.85. The normalized spacial score (nSPS) is 18.0. The first-order valence-corrected chi connectivity index (χ1v) is 9.03. The molecule has 7 heteroatoms. The molecule has 1 saturated heterocycles. The van der Waals surface area contributed by atoms with Crippen LogP contribution in [0.4, 0.5) is 11.5 Å². The average Bonchev–Trinajstić information content (AvgIpc) is 3.40. The number of piperidine rings is 1. The summed E-state index contributed by atoms with van der Waals surface area (Å²) in [5.41, 5.74) is 7.16. The van der Waals surface area contributed by atoms with E-state index in [0.29, 0.717) is 36.2 Å². The van der Waals surface area contributed by atoms with Crippen molar-refractivity contribution in [3.8, 4) is 0 Å². The number of ether oxygens (including phenoxy) is 1. The highest BCUT2D eigenvalue weighted by Crippen LogP contribution is 2.28. The number of nitrogens with zero attached hydrogens (tertiary/aromatic N) is 2. The fourth-order valence-electron chi connectivity index (χ4n) is 3.16. The quantitative estimate of drug-likeness (QED) is 0.761. The number of aromatic nitrogens is 1. The molecule has 3 rings (SSSR count). The SMILES string of the molecule is CCOC(=O)CC1CCN(c2ncc(C(=O)NC3CC3)cc2N)CC1. The smallest absolute Gasteiger partial charge is 0.306 e. The number of carbonyl (C=O) groups is 2. The Balaban J connectivity index is 1.55. The molecule has 2 aliphatic rings. The second-order valence-electron chi connectivity index (χ2n) is 6.82. The molecule has 2 heterocycles. The van der Waals surface area contributed by atoms with Crippen LogP contribution in [0, 0.1) is 5.92 Å². The molecule has 0 radical (unpaired) electrons. The van der Waals surface area contributed by atoms with Crippen LogP contribution < -0.4 is 16.0 Å². The highest BCUT2D eigenvalue weighted by Gasteiger charge is 2.26. The Kier molecular flexibility index (Phi) is 5.40. The highest BCUT2D eigenvalue weighted by atomic mass is 16.5. The van der Waals surface area contributed by atoms with Crippen molar-refractivity contribution in [3.05, 3.63) is 17.8 Å². The lowest BCUT2D eigenvalue weighted by molar-refractivity contribution is -0.144. The molecule has 0 atom stereocenters. The van der Waals surface area contributed by atoms with Crippen molar-refractivity contribution in [3.63, 3.8) is 0 Å². The minimum Gasteiger partial charge on any atom is -0.466 e. The summed E-state index contributed by atoms with van der Waals surface area (Å²) in [6.07, 6.45) is 5.98. The molecule has 1 amide bonds. The van der Waals surface area contributed by atoms with E-state index in [9.17, 15) is 9.59 Å². The summed E-state index contributed by atoms with van der Waals surface area (Å²) in [6, 6.07) is 2.01. The number of carbonyl (C=O) groups excluding carboxylic acids is 2. The highest BCUT2D eigenvalue weighted by molar-refractivity contribution is 5.95. The van der Waals surface area contributed by atoms with Crippen LogP contribution in [0.2, 0.25) is 0 Å². The summed E-state index contributed by atoms with van der Waals surface area (Å²) >= 11 is 0. The molecule has 136 valence electrons. The molecule has 1 saturated carbocycles. The number of nitrogens with two attached hydrogens (primary N) is 1. The predicted octanol–water partition coefficient (Wildman–Crippen LogP) is 1.73. The van der Waals surface area contributed by atoms with Gasteiger partial charge in [-0.3, -0.25) is 9.59 Å². The third kappa shape index (κ3) is 4.61. The van der Waals surface area contributed by atoms with Crippen molar-refractivity contribution in [1.29, 1.82) is 0 Å². The molecular formula is C18H26N4O3. The van der Waals surface area contributed by atoms with Crippen LogP contribution >= 0.6 is 0 Å². The van der Waals surface area contributed by atoms with E-state index < -0.39 is 0 Å². The number of pyridine rings is 1. The van der Waals surface area contributed by atoms with Gasteiger partial charge in [0.1, 0.15) is 0 Å². The van der Waals surface area contributed by atoms with Crippen LogP contribution in [0.5, 0.6) is 0 Å². The molecule has 0 unspecified atom stereocenters. The van der Waals surface area contributed by atoms with Gasteiger partial charge in [-0.25, -0.2) is 4.98 Å². The van der Waals surface area contributed by atoms with Gasteiger partial charge in [0.2, 0.25) is 0 Å². The van der Waals surface area contributed by atoms with Crippen LogP contribution in [0.15, 0.2) is 12.3 Å². The third-order valence-electron chi connectivity index (χ3n) is 4.74. The number of amides is 1. The molecule has 1 aliphatic carbocycles. The van der Waals surface area contributed by atoms with Crippen molar-refractivity contribution < 1.29 is 14.3 Å². The molecule has 1 aromatic rings. The molecule has 0 spiro atoms. The van der Waals surface area contributed by atoms with Gasteiger partial charge in [0, 0.05) is 31.7 Å². The average molecular weight is 346 g/mol. The van der Waals surface area contributed by atoms with E-state index in [1.165, 1.54) is 0 Å². The first kappa shape index (κ1) is 17.5. The lowest BCUT2D eigenvalue weighted by Crippen LogP contribution is -2.35. The number of nitrogen functional groups attached to an aromatic ring is 1. The van der Waals surface area contributed by atoms with Crippen molar-refractivity contribution >= 4 is 23.4 Å². The van der Waals surface area contributed by atoms with E-state index in [1.54, 1.807) is 12.3 Å². The maximum Gasteiger partial charge on any atom is 0.306 e. The summed E-state index contributed by atoms with van der Waals surface area (Å²) in [7, 11) is 0. The van der Waals surface area contributed by atoms with E-state index in [1.807, 2.05) is 6.92 Å². The van der Waals surface area contributed by atoms with E-state index in [2.05, 4.69) is 15.2 Å². The Hall–Kier alpha value is -2.31. The van der Waals surface area contributed by atoms with Crippen LogP contribution in [0.25, 0.3) is 0 Å². The van der Waals surface area contributed by atoms with Crippen LogP contribution in [0.1, 0.15) is 49.4 Å². The van der Waals surface area contributed by atoms with Gasteiger partial charge in [0.15, 0.2) is 5.82 Å². The van der Waals surface area contributed by atoms with E-state index in [4.69, 9.17) is 10.5 Å². The minimum absolute atomic E-state index is 0.110. The lowest BCUT2D eigenvalue weighted by atomic mass is 9.93. The second-order valence-corrected chi connectivity index (χ2v) is 6.82. The molecule has 1 aliphatic heterocycles. The van der Waals surface area contributed by atoms with Gasteiger partial charge in [-0.15, -0.1) is 0 Å². The van der Waals surface area contributed by atoms with Gasteiger partial charge >= 0.3 is 5.97 Å². The van der Waals surface area contributed by atoms with Gasteiger partial charge in [-0.05, 0) is 44.6 Å². The fourth-order valence-corrected chi connectivity index (χ4v) is 3.16. The first-order valence-electron chi connectivity index (χ1n) is 9.03. The molecule has 3 N–H and O–H groups in total. The molecule has 0 bridgehead atoms. The van der Waals surface area contributed by atoms with E-state index in [-0.39, 0.29) is 11.9 Å². The maximum absolute atomic E-state index is 12.1. The van der Waals surface area contributed by atoms with Gasteiger partial charge in [-0.2, -0.15) is 0 Å². The van der Waals surface area contributed by atoms with E-state index >= 15 is 0 Å². The maximum atomic E-state index is 12.1. The molecule has 1 aromatic heterocycles. The number of rotatable bonds is 6. The van der Waals surface area contributed by atoms with Crippen LogP contribution in [-0.4, -0.2) is 42.6 Å². The van der Waals surface area contributed by atoms with Crippen LogP contribution in [0.3, 0.4) is 0 Å². The second kappa shape index (κ2) is 7.72. The van der Waals surface area contributed by atoms with Gasteiger partial charge < -0.3 is 20.7 Å². The number of anilines is 2. The van der Waals surface area contributed by atoms with Crippen molar-refractivity contribution in [2.24, 2.45) is 5.92 Å². The lowest BCUT2D eigenvalue weighted by Gasteiger charge is -2.33. The number of nitrogens with one attached hydrogen (secondary N) is 1. The topological polar surface area (TPSA) is 97.5 Å². The Morgan fingerprint density at radius 3 is 2.64 bits per heavy atom. The number of hydrogen-bond acceptors (Lipinski definition) is 6. The molecule has 7 nitrogen and oxygen atoms in total. The van der Waals surface area contributed by atoms with Gasteiger partial charge in [0.25, 0.3) is 5.91 Å². The third-order valence-corrected chi connectivity index (χ3v) is 4.74. The molecule has 2 fully saturated rings. The zero-order valence-electron chi connectivity index (χ0n) is 14.7. The summed E-state index contributed by atoms with van der Waals surface area (Å²) in [4.78, 5) is 30.2. The fraction of sp³-hybridized carbons (Fsp3) is 0.611. The standard InChI is InChI=1S/C18H26N4O3/c1-2-25-16(23)9-12-5-7-22(8-6-12)17-15(19)10-13(11-20-17)18(24)21-14-3-4-14/h10-12,14H,2-9,19H2,1H3,(H,21,24). The summed E-state index contributed by atoms with van der Waals surface area (Å²) < 4.78 is 5.02. The zero-order valence-corrected chi connectivity index (χ0v) is 14.7. The van der Waals surface area contributed by atoms with Crippen molar-refractivity contribution in [1.82, 2.24) is 10.3 Å². The first-order chi connectivity index (χ1) is 12.1. The zero-order chi connectivity index (χ0) is 17.8. The predicted molar refractivity (Wildman–Crippen MR) is 95.3 cm³/mol. The van der Waals surface area contributed by atoms with Gasteiger partial charge in [-0.1, -0.05) is 0 Å². The summed E-state index contributed by atoms with van der Waals surface area (Å²) in [5.74, 6) is 0.837. The van der Waals surface area contributed by atoms with Crippen molar-refractivity contribution in [2.75, 3.05) is 30.3 Å². The minimum atomic E-state index is -0.121. The largest absolute Gasteiger partial charge is 0.466 e. The van der Waals surface area contributed by atoms with Crippen LogP contribution in [-0.2, 0) is 9.53 Å².